The van der Waals surface area contributed by atoms with Crippen LogP contribution in [0.5, 0.6) is 5.75 Å². The third-order valence-corrected chi connectivity index (χ3v) is 4.65. The summed E-state index contributed by atoms with van der Waals surface area (Å²) in [5, 5.41) is 0.677. The molecule has 0 aliphatic rings. The molecule has 4 aromatic rings. The Morgan fingerprint density at radius 2 is 1.81 bits per heavy atom. The van der Waals surface area contributed by atoms with Gasteiger partial charge in [-0.25, -0.2) is 4.98 Å². The number of benzene rings is 2. The Morgan fingerprint density at radius 3 is 2.55 bits per heavy atom. The molecule has 0 unspecified atom stereocenters. The highest BCUT2D eigenvalue weighted by atomic mass is 16.5. The maximum atomic E-state index is 12.9. The first-order valence-electron chi connectivity index (χ1n) is 9.88. The summed E-state index contributed by atoms with van der Waals surface area (Å²) in [5.41, 5.74) is 7.36. The normalized spacial score (nSPS) is 10.6. The number of furan rings is 1. The second kappa shape index (κ2) is 9.13. The van der Waals surface area contributed by atoms with E-state index in [4.69, 9.17) is 9.15 Å². The molecular formula is C24H21N3O4. The van der Waals surface area contributed by atoms with Crippen molar-refractivity contribution >= 4 is 22.7 Å². The minimum Gasteiger partial charge on any atom is -0.494 e. The maximum absolute atomic E-state index is 12.9. The molecule has 0 aliphatic carbocycles. The molecule has 4 rings (SSSR count). The molecule has 0 aliphatic heterocycles. The lowest BCUT2D eigenvalue weighted by Gasteiger charge is -2.11. The fourth-order valence-corrected chi connectivity index (χ4v) is 3.21. The molecule has 2 N–H and O–H groups in total. The van der Waals surface area contributed by atoms with Gasteiger partial charge in [-0.3, -0.25) is 20.4 Å². The number of carbonyl (C=O) groups excluding carboxylic acids is 2. The number of carbonyl (C=O) groups is 2. The van der Waals surface area contributed by atoms with Crippen LogP contribution in [0.3, 0.4) is 0 Å². The van der Waals surface area contributed by atoms with E-state index in [1.165, 1.54) is 0 Å². The van der Waals surface area contributed by atoms with Gasteiger partial charge in [-0.05, 0) is 48.9 Å². The van der Waals surface area contributed by atoms with E-state index < -0.39 is 5.91 Å². The minimum atomic E-state index is -0.438. The van der Waals surface area contributed by atoms with E-state index in [2.05, 4.69) is 15.8 Å². The Labute approximate surface area is 179 Å². The fourth-order valence-electron chi connectivity index (χ4n) is 3.21. The molecule has 31 heavy (non-hydrogen) atoms. The SMILES string of the molecule is CCOc1ccc(CC(=O)NNC(=O)c2cc(-c3ccco3)nc3ccccc23)cc1. The van der Waals surface area contributed by atoms with Gasteiger partial charge in [-0.2, -0.15) is 0 Å². The molecule has 2 heterocycles. The summed E-state index contributed by atoms with van der Waals surface area (Å²) >= 11 is 0. The van der Waals surface area contributed by atoms with Gasteiger partial charge in [-0.1, -0.05) is 30.3 Å². The zero-order chi connectivity index (χ0) is 21.6. The molecule has 0 saturated carbocycles. The van der Waals surface area contributed by atoms with Crippen molar-refractivity contribution in [1.29, 1.82) is 0 Å². The second-order valence-electron chi connectivity index (χ2n) is 6.81. The van der Waals surface area contributed by atoms with Gasteiger partial charge >= 0.3 is 0 Å². The lowest BCUT2D eigenvalue weighted by atomic mass is 10.1. The van der Waals surface area contributed by atoms with Gasteiger partial charge in [0.25, 0.3) is 5.91 Å². The molecule has 0 bridgehead atoms. The number of aromatic nitrogens is 1. The van der Waals surface area contributed by atoms with Crippen LogP contribution in [-0.4, -0.2) is 23.4 Å². The summed E-state index contributed by atoms with van der Waals surface area (Å²) in [6, 6.07) is 19.7. The Bertz CT molecular complexity index is 1200. The zero-order valence-electron chi connectivity index (χ0n) is 16.9. The molecule has 2 aromatic heterocycles. The van der Waals surface area contributed by atoms with Crippen molar-refractivity contribution in [3.63, 3.8) is 0 Å². The molecular weight excluding hydrogens is 394 g/mol. The highest BCUT2D eigenvalue weighted by molar-refractivity contribution is 6.07. The Balaban J connectivity index is 1.47. The molecule has 7 heteroatoms. The zero-order valence-corrected chi connectivity index (χ0v) is 16.9. The van der Waals surface area contributed by atoms with Gasteiger partial charge in [0.15, 0.2) is 5.76 Å². The highest BCUT2D eigenvalue weighted by Gasteiger charge is 2.15. The third-order valence-electron chi connectivity index (χ3n) is 4.65. The quantitative estimate of drug-likeness (QED) is 0.466. The van der Waals surface area contributed by atoms with Crippen molar-refractivity contribution in [2.24, 2.45) is 0 Å². The van der Waals surface area contributed by atoms with Crippen molar-refractivity contribution in [3.05, 3.63) is 84.1 Å². The molecule has 2 aromatic carbocycles. The topological polar surface area (TPSA) is 93.5 Å². The number of fused-ring (bicyclic) bond motifs is 1. The van der Waals surface area contributed by atoms with Crippen LogP contribution in [0.15, 0.2) is 77.4 Å². The van der Waals surface area contributed by atoms with Crippen LogP contribution in [0.4, 0.5) is 0 Å². The summed E-state index contributed by atoms with van der Waals surface area (Å²) in [7, 11) is 0. The first kappa shape index (κ1) is 20.2. The Hall–Kier alpha value is -4.13. The van der Waals surface area contributed by atoms with Crippen molar-refractivity contribution in [2.45, 2.75) is 13.3 Å². The van der Waals surface area contributed by atoms with Crippen molar-refractivity contribution in [2.75, 3.05) is 6.61 Å². The van der Waals surface area contributed by atoms with Gasteiger partial charge in [0.2, 0.25) is 5.91 Å². The Kier molecular flexibility index (Phi) is 5.93. The number of nitrogens with zero attached hydrogens (tertiary/aromatic N) is 1. The number of amides is 2. The minimum absolute atomic E-state index is 0.126. The summed E-state index contributed by atoms with van der Waals surface area (Å²) in [6.07, 6.45) is 1.68. The van der Waals surface area contributed by atoms with Gasteiger partial charge in [0.05, 0.1) is 30.4 Å². The molecule has 0 spiro atoms. The lowest BCUT2D eigenvalue weighted by molar-refractivity contribution is -0.121. The van der Waals surface area contributed by atoms with Crippen LogP contribution < -0.4 is 15.6 Å². The summed E-state index contributed by atoms with van der Waals surface area (Å²) in [4.78, 5) is 29.7. The van der Waals surface area contributed by atoms with Crippen LogP contribution >= 0.6 is 0 Å². The first-order valence-corrected chi connectivity index (χ1v) is 9.88. The number of rotatable bonds is 6. The van der Waals surface area contributed by atoms with Crippen LogP contribution in [0.1, 0.15) is 22.8 Å². The average Bonchev–Trinajstić information content (AvgIpc) is 3.33. The average molecular weight is 415 g/mol. The van der Waals surface area contributed by atoms with Crippen LogP contribution in [0.2, 0.25) is 0 Å². The number of para-hydroxylation sites is 1. The van der Waals surface area contributed by atoms with Gasteiger partial charge in [0, 0.05) is 5.39 Å². The summed E-state index contributed by atoms with van der Waals surface area (Å²) in [6.45, 7) is 2.49. The van der Waals surface area contributed by atoms with E-state index in [0.717, 1.165) is 11.3 Å². The van der Waals surface area contributed by atoms with Gasteiger partial charge < -0.3 is 9.15 Å². The largest absolute Gasteiger partial charge is 0.494 e. The maximum Gasteiger partial charge on any atom is 0.270 e. The first-order chi connectivity index (χ1) is 15.1. The van der Waals surface area contributed by atoms with E-state index >= 15 is 0 Å². The van der Waals surface area contributed by atoms with Crippen molar-refractivity contribution in [1.82, 2.24) is 15.8 Å². The summed E-state index contributed by atoms with van der Waals surface area (Å²) in [5.74, 6) is 0.532. The fraction of sp³-hybridized carbons (Fsp3) is 0.125. The number of pyridine rings is 1. The van der Waals surface area contributed by atoms with E-state index in [0.29, 0.717) is 34.5 Å². The predicted molar refractivity (Wildman–Crippen MR) is 116 cm³/mol. The molecule has 156 valence electrons. The molecule has 7 nitrogen and oxygen atoms in total. The van der Waals surface area contributed by atoms with Gasteiger partial charge in [0.1, 0.15) is 11.4 Å². The van der Waals surface area contributed by atoms with Crippen LogP contribution in [0, 0.1) is 0 Å². The second-order valence-corrected chi connectivity index (χ2v) is 6.81. The summed E-state index contributed by atoms with van der Waals surface area (Å²) < 4.78 is 10.8. The van der Waals surface area contributed by atoms with Crippen LogP contribution in [0.25, 0.3) is 22.4 Å². The lowest BCUT2D eigenvalue weighted by Crippen LogP contribution is -2.42. The predicted octanol–water partition coefficient (Wildman–Crippen LogP) is 3.90. The monoisotopic (exact) mass is 415 g/mol. The molecule has 0 fully saturated rings. The number of nitrogens with one attached hydrogen (secondary N) is 2. The molecule has 2 amide bonds. The smallest absolute Gasteiger partial charge is 0.270 e. The van der Waals surface area contributed by atoms with Gasteiger partial charge in [-0.15, -0.1) is 0 Å². The highest BCUT2D eigenvalue weighted by Crippen LogP contribution is 2.25. The number of hydrogen-bond donors (Lipinski definition) is 2. The molecule has 0 saturated heterocycles. The van der Waals surface area contributed by atoms with Crippen molar-refractivity contribution < 1.29 is 18.7 Å². The number of hydrogen-bond acceptors (Lipinski definition) is 5. The standard InChI is InChI=1S/C24H21N3O4/c1-2-30-17-11-9-16(10-12-17)14-23(28)26-27-24(29)19-15-21(22-8-5-13-31-22)25-20-7-4-3-6-18(19)20/h3-13,15H,2,14H2,1H3,(H,26,28)(H,27,29). The third kappa shape index (κ3) is 4.72. The van der Waals surface area contributed by atoms with E-state index in [1.807, 2.05) is 55.5 Å². The number of hydrazine groups is 1. The Morgan fingerprint density at radius 1 is 1.00 bits per heavy atom. The van der Waals surface area contributed by atoms with Crippen molar-refractivity contribution in [3.8, 4) is 17.2 Å². The van der Waals surface area contributed by atoms with E-state index in [9.17, 15) is 9.59 Å². The number of ether oxygens (including phenoxy) is 1. The van der Waals surface area contributed by atoms with E-state index in [1.54, 1.807) is 24.5 Å². The van der Waals surface area contributed by atoms with E-state index in [-0.39, 0.29) is 12.3 Å². The van der Waals surface area contributed by atoms with Crippen LogP contribution in [-0.2, 0) is 11.2 Å². The molecule has 0 radical (unpaired) electrons. The molecule has 0 atom stereocenters.